The number of likely N-dealkylation sites (N-methyl/N-ethyl adjacent to an activating group) is 1. The number of urea groups is 1. The number of amides is 3. The van der Waals surface area contributed by atoms with Gasteiger partial charge in [0, 0.05) is 12.6 Å². The van der Waals surface area contributed by atoms with Crippen LogP contribution >= 0.6 is 0 Å². The number of phenols is 1. The Hall–Kier alpha value is -2.63. The molecule has 6 nitrogen and oxygen atoms in total. The van der Waals surface area contributed by atoms with Crippen LogP contribution < -0.4 is 0 Å². The first-order chi connectivity index (χ1) is 12.8. The maximum Gasteiger partial charge on any atom is 0.327 e. The van der Waals surface area contributed by atoms with Gasteiger partial charge in [0.05, 0.1) is 6.54 Å². The summed E-state index contributed by atoms with van der Waals surface area (Å²) < 4.78 is 0. The summed E-state index contributed by atoms with van der Waals surface area (Å²) in [4.78, 5) is 41.1. The summed E-state index contributed by atoms with van der Waals surface area (Å²) in [6.45, 7) is 5.36. The number of hydrogen-bond donors (Lipinski definition) is 1. The van der Waals surface area contributed by atoms with Crippen LogP contribution in [0.1, 0.15) is 43.0 Å². The van der Waals surface area contributed by atoms with Crippen molar-refractivity contribution in [1.82, 2.24) is 9.80 Å². The lowest BCUT2D eigenvalue weighted by Crippen LogP contribution is -2.52. The van der Waals surface area contributed by atoms with Crippen molar-refractivity contribution >= 4 is 17.7 Å². The highest BCUT2D eigenvalue weighted by atomic mass is 16.3. The molecule has 0 spiro atoms. The van der Waals surface area contributed by atoms with Crippen LogP contribution in [-0.2, 0) is 4.79 Å². The lowest BCUT2D eigenvalue weighted by molar-refractivity contribution is -0.135. The molecule has 1 saturated heterocycles. The first-order valence-electron chi connectivity index (χ1n) is 9.33. The molecule has 2 unspecified atom stereocenters. The predicted molar refractivity (Wildman–Crippen MR) is 101 cm³/mol. The second kappa shape index (κ2) is 7.18. The zero-order valence-electron chi connectivity index (χ0n) is 15.9. The first-order valence-corrected chi connectivity index (χ1v) is 9.33. The Kier molecular flexibility index (Phi) is 5.09. The van der Waals surface area contributed by atoms with Gasteiger partial charge in [0.25, 0.3) is 5.91 Å². The third-order valence-corrected chi connectivity index (χ3v) is 6.21. The highest BCUT2D eigenvalue weighted by molar-refractivity contribution is 6.11. The normalized spacial score (nSPS) is 28.5. The number of allylic oxidation sites excluding steroid dienone is 1. The predicted octanol–water partition coefficient (Wildman–Crippen LogP) is 3.22. The summed E-state index contributed by atoms with van der Waals surface area (Å²) in [6, 6.07) is 5.48. The smallest absolute Gasteiger partial charge is 0.327 e. The van der Waals surface area contributed by atoms with Crippen LogP contribution in [0.4, 0.5) is 4.79 Å². The van der Waals surface area contributed by atoms with Gasteiger partial charge in [0.15, 0.2) is 5.78 Å². The molecular weight excluding hydrogens is 344 g/mol. The standard InChI is InChI=1S/C21H26N2O4/c1-4-14-7-5-9-16(11-14)21(2)19(26)23(20(27)22(21)3)13-18(25)15-8-6-10-17(24)12-15/h4,6,8,10,12,14,16,24H,1,5,7,9,11,13H2,2-3H3/t14-,16?,21?/m1/s1. The van der Waals surface area contributed by atoms with E-state index in [2.05, 4.69) is 6.58 Å². The summed E-state index contributed by atoms with van der Waals surface area (Å²) in [7, 11) is 1.64. The minimum absolute atomic E-state index is 0.0282. The van der Waals surface area contributed by atoms with Crippen molar-refractivity contribution < 1.29 is 19.5 Å². The van der Waals surface area contributed by atoms with Crippen molar-refractivity contribution in [3.05, 3.63) is 42.5 Å². The molecule has 2 aliphatic rings. The van der Waals surface area contributed by atoms with Gasteiger partial charge in [-0.1, -0.05) is 24.6 Å². The van der Waals surface area contributed by atoms with Crippen molar-refractivity contribution in [3.8, 4) is 5.75 Å². The van der Waals surface area contributed by atoms with Crippen LogP contribution in [-0.4, -0.2) is 51.8 Å². The number of benzene rings is 1. The third-order valence-electron chi connectivity index (χ3n) is 6.21. The van der Waals surface area contributed by atoms with E-state index in [1.54, 1.807) is 19.2 Å². The van der Waals surface area contributed by atoms with E-state index in [1.807, 2.05) is 13.0 Å². The Balaban J connectivity index is 1.82. The number of ketones is 1. The van der Waals surface area contributed by atoms with Crippen LogP contribution in [0.15, 0.2) is 36.9 Å². The molecule has 1 aromatic rings. The first kappa shape index (κ1) is 19.1. The minimum Gasteiger partial charge on any atom is -0.508 e. The van der Waals surface area contributed by atoms with E-state index >= 15 is 0 Å². The molecule has 1 aliphatic carbocycles. The zero-order chi connectivity index (χ0) is 19.8. The molecule has 144 valence electrons. The summed E-state index contributed by atoms with van der Waals surface area (Å²) in [5, 5.41) is 9.55. The lowest BCUT2D eigenvalue weighted by Gasteiger charge is -2.40. The monoisotopic (exact) mass is 370 g/mol. The third kappa shape index (κ3) is 3.24. The molecule has 0 radical (unpaired) electrons. The molecular formula is C21H26N2O4. The molecule has 0 bridgehead atoms. The highest BCUT2D eigenvalue weighted by Gasteiger charge is 2.57. The number of nitrogens with zero attached hydrogens (tertiary/aromatic N) is 2. The van der Waals surface area contributed by atoms with Crippen LogP contribution in [0.5, 0.6) is 5.75 Å². The summed E-state index contributed by atoms with van der Waals surface area (Å²) in [5.41, 5.74) is -0.672. The number of carbonyl (C=O) groups is 3. The van der Waals surface area contributed by atoms with Gasteiger partial charge in [0.2, 0.25) is 0 Å². The number of Topliss-reactive ketones (excluding diaryl/α,β-unsaturated/α-hetero) is 1. The van der Waals surface area contributed by atoms with Crippen molar-refractivity contribution in [3.63, 3.8) is 0 Å². The molecule has 2 fully saturated rings. The maximum atomic E-state index is 13.2. The van der Waals surface area contributed by atoms with E-state index < -0.39 is 11.6 Å². The van der Waals surface area contributed by atoms with Crippen molar-refractivity contribution in [1.29, 1.82) is 0 Å². The molecule has 3 rings (SSSR count). The van der Waals surface area contributed by atoms with Gasteiger partial charge < -0.3 is 10.0 Å². The van der Waals surface area contributed by atoms with Crippen molar-refractivity contribution in [2.24, 2.45) is 11.8 Å². The number of carbonyl (C=O) groups excluding carboxylic acids is 3. The number of hydrogen-bond acceptors (Lipinski definition) is 4. The number of phenolic OH excluding ortho intramolecular Hbond substituents is 1. The SMILES string of the molecule is C=C[C@@H]1CCCC(C2(C)C(=O)N(CC(=O)c3cccc(O)c3)C(=O)N2C)C1. The summed E-state index contributed by atoms with van der Waals surface area (Å²) in [6.07, 6.45) is 5.67. The van der Waals surface area contributed by atoms with E-state index in [4.69, 9.17) is 0 Å². The van der Waals surface area contributed by atoms with Gasteiger partial charge in [-0.15, -0.1) is 6.58 Å². The molecule has 1 N–H and O–H groups in total. The van der Waals surface area contributed by atoms with Gasteiger partial charge in [-0.2, -0.15) is 0 Å². The second-order valence-electron chi connectivity index (χ2n) is 7.71. The van der Waals surface area contributed by atoms with E-state index in [1.165, 1.54) is 17.0 Å². The summed E-state index contributed by atoms with van der Waals surface area (Å²) >= 11 is 0. The fraction of sp³-hybridized carbons (Fsp3) is 0.476. The fourth-order valence-corrected chi connectivity index (χ4v) is 4.34. The van der Waals surface area contributed by atoms with Crippen molar-refractivity contribution in [2.45, 2.75) is 38.1 Å². The molecule has 27 heavy (non-hydrogen) atoms. The molecule has 1 aliphatic heterocycles. The Bertz CT molecular complexity index is 790. The van der Waals surface area contributed by atoms with Crippen molar-refractivity contribution in [2.75, 3.05) is 13.6 Å². The second-order valence-corrected chi connectivity index (χ2v) is 7.71. The Morgan fingerprint density at radius 1 is 1.37 bits per heavy atom. The average molecular weight is 370 g/mol. The molecule has 3 amide bonds. The van der Waals surface area contributed by atoms with Gasteiger partial charge >= 0.3 is 6.03 Å². The van der Waals surface area contributed by atoms with Gasteiger partial charge in [-0.05, 0) is 50.2 Å². The Labute approximate surface area is 159 Å². The van der Waals surface area contributed by atoms with Crippen LogP contribution in [0.25, 0.3) is 0 Å². The molecule has 1 saturated carbocycles. The molecule has 1 aromatic carbocycles. The van der Waals surface area contributed by atoms with E-state index in [-0.39, 0.29) is 35.5 Å². The van der Waals surface area contributed by atoms with E-state index in [0.29, 0.717) is 5.92 Å². The number of aromatic hydroxyl groups is 1. The quantitative estimate of drug-likeness (QED) is 0.490. The van der Waals surface area contributed by atoms with E-state index in [9.17, 15) is 19.5 Å². The van der Waals surface area contributed by atoms with Gasteiger partial charge in [-0.3, -0.25) is 14.5 Å². The van der Waals surface area contributed by atoms with Gasteiger partial charge in [0.1, 0.15) is 11.3 Å². The molecule has 1 heterocycles. The fourth-order valence-electron chi connectivity index (χ4n) is 4.34. The van der Waals surface area contributed by atoms with Crippen LogP contribution in [0.2, 0.25) is 0 Å². The Morgan fingerprint density at radius 2 is 2.11 bits per heavy atom. The summed E-state index contributed by atoms with van der Waals surface area (Å²) in [5.74, 6) is -0.341. The molecule has 3 atom stereocenters. The topological polar surface area (TPSA) is 77.9 Å². The largest absolute Gasteiger partial charge is 0.508 e. The highest BCUT2D eigenvalue weighted by Crippen LogP contribution is 2.43. The maximum absolute atomic E-state index is 13.2. The minimum atomic E-state index is -0.947. The van der Waals surface area contributed by atoms with Gasteiger partial charge in [-0.25, -0.2) is 4.79 Å². The lowest BCUT2D eigenvalue weighted by atomic mass is 9.71. The molecule has 0 aromatic heterocycles. The number of imide groups is 1. The zero-order valence-corrected chi connectivity index (χ0v) is 15.9. The Morgan fingerprint density at radius 3 is 2.78 bits per heavy atom. The van der Waals surface area contributed by atoms with Crippen LogP contribution in [0, 0.1) is 11.8 Å². The van der Waals surface area contributed by atoms with Crippen LogP contribution in [0.3, 0.4) is 0 Å². The van der Waals surface area contributed by atoms with E-state index in [0.717, 1.165) is 30.6 Å². The number of rotatable bonds is 5. The average Bonchev–Trinajstić information content (AvgIpc) is 2.84. The molecule has 6 heteroatoms.